The molecular formula is C20H24FN3O3S. The SMILES string of the molecule is CC1(C)C(NC(=O)c2ccccc2)=N[C@](C)(c2cc(N)ccc2F)CS1(O)O. The Morgan fingerprint density at radius 2 is 1.82 bits per heavy atom. The second-order valence-electron chi connectivity index (χ2n) is 7.62. The molecule has 0 aromatic heterocycles. The molecule has 1 heterocycles. The molecule has 0 aliphatic carbocycles. The van der Waals surface area contributed by atoms with E-state index < -0.39 is 32.6 Å². The summed E-state index contributed by atoms with van der Waals surface area (Å²) in [6.07, 6.45) is 0. The lowest BCUT2D eigenvalue weighted by molar-refractivity contribution is 0.0975. The minimum absolute atomic E-state index is 0.0944. The fraction of sp³-hybridized carbons (Fsp3) is 0.300. The van der Waals surface area contributed by atoms with Gasteiger partial charge in [-0.1, -0.05) is 18.2 Å². The Morgan fingerprint density at radius 1 is 1.18 bits per heavy atom. The molecule has 2 aromatic rings. The van der Waals surface area contributed by atoms with Crippen LogP contribution in [-0.4, -0.2) is 31.3 Å². The number of rotatable bonds is 2. The van der Waals surface area contributed by atoms with Crippen molar-refractivity contribution in [2.24, 2.45) is 4.99 Å². The summed E-state index contributed by atoms with van der Waals surface area (Å²) in [5.74, 6) is -1.07. The minimum atomic E-state index is -3.28. The molecule has 2 aromatic carbocycles. The van der Waals surface area contributed by atoms with Crippen molar-refractivity contribution >= 4 is 28.0 Å². The Labute approximate surface area is 165 Å². The van der Waals surface area contributed by atoms with E-state index in [1.807, 2.05) is 0 Å². The molecule has 28 heavy (non-hydrogen) atoms. The van der Waals surface area contributed by atoms with E-state index in [-0.39, 0.29) is 17.2 Å². The Hall–Kier alpha value is -2.42. The minimum Gasteiger partial charge on any atom is -0.399 e. The zero-order chi connectivity index (χ0) is 20.7. The molecule has 1 atom stereocenters. The second-order valence-corrected chi connectivity index (χ2v) is 10.3. The van der Waals surface area contributed by atoms with E-state index in [0.29, 0.717) is 11.3 Å². The number of aliphatic imine (C=N–C) groups is 1. The maximum atomic E-state index is 14.5. The van der Waals surface area contributed by atoms with Gasteiger partial charge in [0.05, 0.1) is 5.75 Å². The van der Waals surface area contributed by atoms with Gasteiger partial charge in [0, 0.05) is 16.8 Å². The Balaban J connectivity index is 2.09. The summed E-state index contributed by atoms with van der Waals surface area (Å²) in [5, 5.41) is 2.70. The topological polar surface area (TPSA) is 108 Å². The normalized spacial score (nSPS) is 24.1. The Morgan fingerprint density at radius 3 is 2.46 bits per heavy atom. The monoisotopic (exact) mass is 405 g/mol. The summed E-state index contributed by atoms with van der Waals surface area (Å²) in [6.45, 7) is 4.80. The predicted octanol–water partition coefficient (Wildman–Crippen LogP) is 3.99. The number of carbonyl (C=O) groups is 1. The van der Waals surface area contributed by atoms with Gasteiger partial charge in [-0.25, -0.2) is 4.39 Å². The van der Waals surface area contributed by atoms with Crippen LogP contribution in [0.25, 0.3) is 0 Å². The molecule has 0 bridgehead atoms. The number of nitrogens with two attached hydrogens (primary N) is 1. The standard InChI is InChI=1S/C20H24FN3O3S/c1-19(2)18(23-17(25)13-7-5-4-6-8-13)24-20(3,12-28(19,26)27)15-11-14(22)9-10-16(15)21/h4-11,26-27H,12,22H2,1-3H3,(H,23,24,25)/t20-/m0/s1. The van der Waals surface area contributed by atoms with E-state index in [0.717, 1.165) is 0 Å². The number of hydrogen-bond acceptors (Lipinski definition) is 5. The maximum absolute atomic E-state index is 14.5. The number of benzene rings is 2. The molecule has 1 amide bonds. The molecule has 5 N–H and O–H groups in total. The van der Waals surface area contributed by atoms with Crippen LogP contribution in [0.1, 0.15) is 36.7 Å². The highest BCUT2D eigenvalue weighted by Gasteiger charge is 2.50. The molecule has 0 spiro atoms. The molecule has 1 aliphatic rings. The summed E-state index contributed by atoms with van der Waals surface area (Å²) in [7, 11) is -3.28. The summed E-state index contributed by atoms with van der Waals surface area (Å²) < 4.78 is 35.1. The van der Waals surface area contributed by atoms with Crippen molar-refractivity contribution in [2.45, 2.75) is 31.1 Å². The molecule has 150 valence electrons. The fourth-order valence-electron chi connectivity index (χ4n) is 3.18. The highest BCUT2D eigenvalue weighted by Crippen LogP contribution is 2.59. The van der Waals surface area contributed by atoms with Crippen molar-refractivity contribution in [1.29, 1.82) is 0 Å². The molecule has 0 radical (unpaired) electrons. The van der Waals surface area contributed by atoms with Crippen LogP contribution in [0.5, 0.6) is 0 Å². The van der Waals surface area contributed by atoms with E-state index in [1.165, 1.54) is 18.2 Å². The summed E-state index contributed by atoms with van der Waals surface area (Å²) in [4.78, 5) is 17.2. The maximum Gasteiger partial charge on any atom is 0.256 e. The molecule has 0 saturated heterocycles. The molecule has 3 rings (SSSR count). The van der Waals surface area contributed by atoms with Crippen LogP contribution in [0.3, 0.4) is 0 Å². The highest BCUT2D eigenvalue weighted by molar-refractivity contribution is 8.26. The van der Waals surface area contributed by atoms with Crippen molar-refractivity contribution < 1.29 is 18.3 Å². The largest absolute Gasteiger partial charge is 0.399 e. The van der Waals surface area contributed by atoms with E-state index in [9.17, 15) is 18.3 Å². The summed E-state index contributed by atoms with van der Waals surface area (Å²) >= 11 is 0. The molecule has 1 aliphatic heterocycles. The first-order chi connectivity index (χ1) is 13.0. The van der Waals surface area contributed by atoms with Crippen LogP contribution in [0.2, 0.25) is 0 Å². The number of amides is 1. The summed E-state index contributed by atoms with van der Waals surface area (Å²) in [6, 6.07) is 12.6. The van der Waals surface area contributed by atoms with Crippen LogP contribution >= 0.6 is 10.6 Å². The average Bonchev–Trinajstić information content (AvgIpc) is 2.62. The van der Waals surface area contributed by atoms with Gasteiger partial charge in [0.2, 0.25) is 0 Å². The lowest BCUT2D eigenvalue weighted by Gasteiger charge is -2.54. The predicted molar refractivity (Wildman–Crippen MR) is 111 cm³/mol. The molecule has 8 heteroatoms. The lowest BCUT2D eigenvalue weighted by Crippen LogP contribution is -2.55. The number of nitrogen functional groups attached to an aromatic ring is 1. The van der Waals surface area contributed by atoms with E-state index in [1.54, 1.807) is 51.1 Å². The van der Waals surface area contributed by atoms with Crippen molar-refractivity contribution in [2.75, 3.05) is 11.5 Å². The van der Waals surface area contributed by atoms with Gasteiger partial charge in [0.15, 0.2) is 0 Å². The van der Waals surface area contributed by atoms with Crippen molar-refractivity contribution in [3.05, 3.63) is 65.5 Å². The Bertz CT molecular complexity index is 947. The number of hydrogen-bond donors (Lipinski definition) is 4. The third kappa shape index (κ3) is 3.50. The van der Waals surface area contributed by atoms with Crippen LogP contribution in [0.15, 0.2) is 53.5 Å². The molecule has 0 fully saturated rings. The zero-order valence-corrected chi connectivity index (χ0v) is 16.8. The van der Waals surface area contributed by atoms with Gasteiger partial charge in [-0.05, 0) is 51.1 Å². The summed E-state index contributed by atoms with van der Waals surface area (Å²) in [5.41, 5.74) is 5.39. The van der Waals surface area contributed by atoms with Crippen molar-refractivity contribution in [3.63, 3.8) is 0 Å². The molecule has 6 nitrogen and oxygen atoms in total. The number of nitrogens with one attached hydrogen (secondary N) is 1. The zero-order valence-electron chi connectivity index (χ0n) is 15.9. The van der Waals surface area contributed by atoms with Crippen LogP contribution in [-0.2, 0) is 5.54 Å². The number of amidine groups is 1. The van der Waals surface area contributed by atoms with Gasteiger partial charge in [0.1, 0.15) is 21.9 Å². The smallest absolute Gasteiger partial charge is 0.256 e. The number of halogens is 1. The number of anilines is 1. The van der Waals surface area contributed by atoms with Crippen molar-refractivity contribution in [3.8, 4) is 0 Å². The van der Waals surface area contributed by atoms with Crippen molar-refractivity contribution in [1.82, 2.24) is 5.32 Å². The van der Waals surface area contributed by atoms with E-state index in [2.05, 4.69) is 10.3 Å². The van der Waals surface area contributed by atoms with Gasteiger partial charge >= 0.3 is 0 Å². The number of carbonyl (C=O) groups excluding carboxylic acids is 1. The first kappa shape index (κ1) is 20.3. The second kappa shape index (κ2) is 6.88. The fourth-order valence-corrected chi connectivity index (χ4v) is 4.95. The highest BCUT2D eigenvalue weighted by atomic mass is 32.3. The van der Waals surface area contributed by atoms with Gasteiger partial charge in [0.25, 0.3) is 5.91 Å². The quantitative estimate of drug-likeness (QED) is 0.567. The lowest BCUT2D eigenvalue weighted by atomic mass is 9.92. The third-order valence-electron chi connectivity index (χ3n) is 5.07. The number of nitrogens with zero attached hydrogens (tertiary/aromatic N) is 1. The van der Waals surface area contributed by atoms with E-state index in [4.69, 9.17) is 5.73 Å². The first-order valence-electron chi connectivity index (χ1n) is 8.74. The van der Waals surface area contributed by atoms with Gasteiger partial charge in [-0.3, -0.25) is 18.9 Å². The van der Waals surface area contributed by atoms with Crippen LogP contribution in [0, 0.1) is 5.82 Å². The molecule has 0 unspecified atom stereocenters. The Kier molecular flexibility index (Phi) is 4.99. The first-order valence-corrected chi connectivity index (χ1v) is 10.5. The van der Waals surface area contributed by atoms with Gasteiger partial charge in [-0.15, -0.1) is 0 Å². The van der Waals surface area contributed by atoms with E-state index >= 15 is 0 Å². The van der Waals surface area contributed by atoms with Crippen LogP contribution < -0.4 is 11.1 Å². The third-order valence-corrected chi connectivity index (χ3v) is 7.86. The van der Waals surface area contributed by atoms with Gasteiger partial charge < -0.3 is 11.1 Å². The molecular weight excluding hydrogens is 381 g/mol. The van der Waals surface area contributed by atoms with Gasteiger partial charge in [-0.2, -0.15) is 10.6 Å². The average molecular weight is 405 g/mol. The van der Waals surface area contributed by atoms with Crippen LogP contribution in [0.4, 0.5) is 10.1 Å². The molecule has 0 saturated carbocycles.